The van der Waals surface area contributed by atoms with Gasteiger partial charge in [-0.15, -0.1) is 0 Å². The molecule has 1 aromatic carbocycles. The normalized spacial score (nSPS) is 11.1. The van der Waals surface area contributed by atoms with Crippen molar-refractivity contribution in [3.63, 3.8) is 0 Å². The minimum absolute atomic E-state index is 0.221. The lowest BCUT2D eigenvalue weighted by Crippen LogP contribution is -2.16. The fraction of sp³-hybridized carbons (Fsp3) is 0.286. The van der Waals surface area contributed by atoms with Gasteiger partial charge >= 0.3 is 11.9 Å². The lowest BCUT2D eigenvalue weighted by Gasteiger charge is -2.05. The second kappa shape index (κ2) is 7.27. The largest absolute Gasteiger partial charge is 0.477 e. The van der Waals surface area contributed by atoms with Gasteiger partial charge in [-0.2, -0.15) is 0 Å². The van der Waals surface area contributed by atoms with Crippen molar-refractivity contribution in [2.24, 2.45) is 0 Å². The smallest absolute Gasteiger partial charge is 0.345 e. The van der Waals surface area contributed by atoms with E-state index < -0.39 is 11.9 Å². The first-order chi connectivity index (χ1) is 8.65. The van der Waals surface area contributed by atoms with E-state index in [0.717, 1.165) is 12.0 Å². The van der Waals surface area contributed by atoms with Crippen molar-refractivity contribution in [3.8, 4) is 0 Å². The van der Waals surface area contributed by atoms with Crippen LogP contribution in [0, 0.1) is 0 Å². The molecule has 1 N–H and O–H groups in total. The molecule has 1 rings (SSSR count). The van der Waals surface area contributed by atoms with Crippen molar-refractivity contribution >= 4 is 11.9 Å². The van der Waals surface area contributed by atoms with Crippen LogP contribution >= 0.6 is 0 Å². The van der Waals surface area contributed by atoms with E-state index in [1.54, 1.807) is 0 Å². The summed E-state index contributed by atoms with van der Waals surface area (Å²) in [4.78, 5) is 22.0. The first kappa shape index (κ1) is 14.0. The molecule has 18 heavy (non-hydrogen) atoms. The molecular formula is C14H16O4. The van der Waals surface area contributed by atoms with Crippen molar-refractivity contribution in [1.29, 1.82) is 0 Å². The Morgan fingerprint density at radius 3 is 2.50 bits per heavy atom. The third-order valence-electron chi connectivity index (χ3n) is 2.42. The van der Waals surface area contributed by atoms with E-state index in [4.69, 9.17) is 9.84 Å². The minimum atomic E-state index is -1.26. The number of hydrogen-bond acceptors (Lipinski definition) is 3. The zero-order valence-corrected chi connectivity index (χ0v) is 10.3. The van der Waals surface area contributed by atoms with Gasteiger partial charge in [0.1, 0.15) is 5.57 Å². The third-order valence-corrected chi connectivity index (χ3v) is 2.42. The first-order valence-corrected chi connectivity index (χ1v) is 5.75. The fourth-order valence-corrected chi connectivity index (χ4v) is 1.49. The molecule has 0 unspecified atom stereocenters. The molecule has 0 saturated heterocycles. The van der Waals surface area contributed by atoms with Gasteiger partial charge in [0.25, 0.3) is 0 Å². The van der Waals surface area contributed by atoms with Gasteiger partial charge in [0.2, 0.25) is 0 Å². The van der Waals surface area contributed by atoms with E-state index in [-0.39, 0.29) is 12.2 Å². The number of carboxylic acids is 1. The molecule has 0 aromatic heterocycles. The second-order valence-electron chi connectivity index (χ2n) is 3.73. The molecule has 96 valence electrons. The SMILES string of the molecule is CC=C(C(=O)O)C(=O)OCCCc1ccccc1. The quantitative estimate of drug-likeness (QED) is 0.275. The van der Waals surface area contributed by atoms with Crippen LogP contribution in [0.3, 0.4) is 0 Å². The maximum Gasteiger partial charge on any atom is 0.345 e. The Morgan fingerprint density at radius 1 is 1.28 bits per heavy atom. The Kier molecular flexibility index (Phi) is 5.64. The average Bonchev–Trinajstić information content (AvgIpc) is 2.36. The highest BCUT2D eigenvalue weighted by molar-refractivity contribution is 6.13. The van der Waals surface area contributed by atoms with E-state index in [1.165, 1.54) is 13.0 Å². The molecule has 4 nitrogen and oxygen atoms in total. The summed E-state index contributed by atoms with van der Waals surface area (Å²) in [6.45, 7) is 1.72. The monoisotopic (exact) mass is 248 g/mol. The molecule has 0 amide bonds. The topological polar surface area (TPSA) is 63.6 Å². The molecule has 0 bridgehead atoms. The summed E-state index contributed by atoms with van der Waals surface area (Å²) in [6.07, 6.45) is 2.71. The predicted octanol–water partition coefficient (Wildman–Crippen LogP) is 2.19. The van der Waals surface area contributed by atoms with Crippen LogP contribution in [0.1, 0.15) is 18.9 Å². The number of rotatable bonds is 6. The lowest BCUT2D eigenvalue weighted by molar-refractivity contribution is -0.144. The van der Waals surface area contributed by atoms with E-state index in [9.17, 15) is 9.59 Å². The molecule has 0 aliphatic carbocycles. The summed E-state index contributed by atoms with van der Waals surface area (Å²) in [7, 11) is 0. The molecule has 0 aliphatic heterocycles. The molecule has 0 spiro atoms. The van der Waals surface area contributed by atoms with Gasteiger partial charge in [0, 0.05) is 0 Å². The third kappa shape index (κ3) is 4.41. The molecular weight excluding hydrogens is 232 g/mol. The Balaban J connectivity index is 2.30. The van der Waals surface area contributed by atoms with Crippen LogP contribution in [0.25, 0.3) is 0 Å². The zero-order valence-electron chi connectivity index (χ0n) is 10.3. The maximum absolute atomic E-state index is 11.4. The summed E-state index contributed by atoms with van der Waals surface area (Å²) < 4.78 is 4.89. The zero-order chi connectivity index (χ0) is 13.4. The molecule has 0 fully saturated rings. The summed E-state index contributed by atoms with van der Waals surface area (Å²) in [5.74, 6) is -2.04. The lowest BCUT2D eigenvalue weighted by atomic mass is 10.1. The standard InChI is InChI=1S/C14H16O4/c1-2-12(13(15)16)14(17)18-10-6-9-11-7-4-3-5-8-11/h2-5,7-8H,6,9-10H2,1H3,(H,15,16). The number of aliphatic carboxylic acids is 1. The summed E-state index contributed by atoms with van der Waals surface area (Å²) in [6, 6.07) is 9.83. The molecule has 4 heteroatoms. The predicted molar refractivity (Wildman–Crippen MR) is 67.1 cm³/mol. The van der Waals surface area contributed by atoms with Gasteiger partial charge < -0.3 is 9.84 Å². The fourth-order valence-electron chi connectivity index (χ4n) is 1.49. The molecule has 0 saturated carbocycles. The molecule has 0 aliphatic rings. The highest BCUT2D eigenvalue weighted by Crippen LogP contribution is 2.04. The number of carbonyl (C=O) groups is 2. The number of hydrogen-bond donors (Lipinski definition) is 1. The van der Waals surface area contributed by atoms with Crippen LogP contribution in [0.5, 0.6) is 0 Å². The summed E-state index contributed by atoms with van der Waals surface area (Å²) in [5.41, 5.74) is 0.841. The van der Waals surface area contributed by atoms with Crippen LogP contribution in [-0.2, 0) is 20.7 Å². The minimum Gasteiger partial charge on any atom is -0.477 e. The van der Waals surface area contributed by atoms with Gasteiger partial charge in [-0.1, -0.05) is 36.4 Å². The van der Waals surface area contributed by atoms with Gasteiger partial charge in [-0.25, -0.2) is 9.59 Å². The van der Waals surface area contributed by atoms with Crippen LogP contribution in [0.15, 0.2) is 42.0 Å². The Labute approximate surface area is 106 Å². The first-order valence-electron chi connectivity index (χ1n) is 5.75. The van der Waals surface area contributed by atoms with Gasteiger partial charge in [0.05, 0.1) is 6.61 Å². The van der Waals surface area contributed by atoms with Crippen molar-refractivity contribution in [2.45, 2.75) is 19.8 Å². The molecule has 0 heterocycles. The van der Waals surface area contributed by atoms with Crippen LogP contribution in [-0.4, -0.2) is 23.7 Å². The van der Waals surface area contributed by atoms with E-state index in [2.05, 4.69) is 0 Å². The Hall–Kier alpha value is -2.10. The van der Waals surface area contributed by atoms with Crippen LogP contribution in [0.4, 0.5) is 0 Å². The number of carbonyl (C=O) groups excluding carboxylic acids is 1. The van der Waals surface area contributed by atoms with Crippen LogP contribution < -0.4 is 0 Å². The van der Waals surface area contributed by atoms with Crippen molar-refractivity contribution in [1.82, 2.24) is 0 Å². The van der Waals surface area contributed by atoms with Crippen molar-refractivity contribution in [2.75, 3.05) is 6.61 Å². The molecule has 1 aromatic rings. The molecule has 0 atom stereocenters. The van der Waals surface area contributed by atoms with Crippen molar-refractivity contribution < 1.29 is 19.4 Å². The van der Waals surface area contributed by atoms with Crippen molar-refractivity contribution in [3.05, 3.63) is 47.5 Å². The number of benzene rings is 1. The summed E-state index contributed by atoms with van der Waals surface area (Å²) in [5, 5.41) is 8.71. The van der Waals surface area contributed by atoms with Gasteiger partial charge in [-0.05, 0) is 25.3 Å². The number of esters is 1. The van der Waals surface area contributed by atoms with E-state index in [0.29, 0.717) is 6.42 Å². The van der Waals surface area contributed by atoms with Gasteiger partial charge in [0.15, 0.2) is 0 Å². The molecule has 0 radical (unpaired) electrons. The summed E-state index contributed by atoms with van der Waals surface area (Å²) >= 11 is 0. The van der Waals surface area contributed by atoms with Gasteiger partial charge in [-0.3, -0.25) is 0 Å². The number of allylic oxidation sites excluding steroid dienone is 1. The number of aryl methyl sites for hydroxylation is 1. The Morgan fingerprint density at radius 2 is 1.94 bits per heavy atom. The van der Waals surface area contributed by atoms with Crippen LogP contribution in [0.2, 0.25) is 0 Å². The van der Waals surface area contributed by atoms with E-state index >= 15 is 0 Å². The maximum atomic E-state index is 11.4. The second-order valence-corrected chi connectivity index (χ2v) is 3.73. The number of carboxylic acid groups (broad SMARTS) is 1. The number of ether oxygens (including phenoxy) is 1. The average molecular weight is 248 g/mol. The highest BCUT2D eigenvalue weighted by atomic mass is 16.5. The van der Waals surface area contributed by atoms with E-state index in [1.807, 2.05) is 30.3 Å². The highest BCUT2D eigenvalue weighted by Gasteiger charge is 2.17. The Bertz CT molecular complexity index is 434.